The molecule has 0 bridgehead atoms. The summed E-state index contributed by atoms with van der Waals surface area (Å²) in [4.78, 5) is 16.9. The number of rotatable bonds is 7. The Morgan fingerprint density at radius 3 is 2.48 bits per heavy atom. The van der Waals surface area contributed by atoms with Crippen molar-refractivity contribution in [3.63, 3.8) is 0 Å². The average molecular weight is 417 g/mol. The normalized spacial score (nSPS) is 11.1. The summed E-state index contributed by atoms with van der Waals surface area (Å²) >= 11 is 5.88. The second-order valence-electron chi connectivity index (χ2n) is 5.43. The standard InChI is InChI=1S/C17H18ClFN2O5S/c1-4-7-27(23,24)21(12-5-6-14(25-2)13(19)10-12)17(22)11-8-15(18)20-16(9-11)26-3/h5-6,8-10H,4,7H2,1-3H3. The highest BCUT2D eigenvalue weighted by molar-refractivity contribution is 7.93. The van der Waals surface area contributed by atoms with E-state index >= 15 is 0 Å². The van der Waals surface area contributed by atoms with E-state index in [-0.39, 0.29) is 40.2 Å². The number of carbonyl (C=O) groups excluding carboxylic acids is 1. The largest absolute Gasteiger partial charge is 0.494 e. The highest BCUT2D eigenvalue weighted by Crippen LogP contribution is 2.28. The number of carbonyl (C=O) groups is 1. The van der Waals surface area contributed by atoms with Gasteiger partial charge in [-0.1, -0.05) is 18.5 Å². The number of nitrogens with zero attached hydrogens (tertiary/aromatic N) is 2. The van der Waals surface area contributed by atoms with Crippen LogP contribution in [-0.4, -0.2) is 39.3 Å². The Kier molecular flexibility index (Phi) is 6.61. The molecule has 2 rings (SSSR count). The molecule has 0 radical (unpaired) electrons. The molecule has 1 heterocycles. The van der Waals surface area contributed by atoms with E-state index in [0.29, 0.717) is 4.31 Å². The summed E-state index contributed by atoms with van der Waals surface area (Å²) in [6.07, 6.45) is 0.269. The van der Waals surface area contributed by atoms with E-state index in [4.69, 9.17) is 21.1 Å². The maximum absolute atomic E-state index is 14.1. The van der Waals surface area contributed by atoms with Gasteiger partial charge >= 0.3 is 0 Å². The molecule has 0 saturated heterocycles. The summed E-state index contributed by atoms with van der Waals surface area (Å²) in [7, 11) is -1.46. The van der Waals surface area contributed by atoms with Gasteiger partial charge in [0.1, 0.15) is 5.15 Å². The minimum Gasteiger partial charge on any atom is -0.494 e. The molecule has 1 aromatic heterocycles. The fourth-order valence-electron chi connectivity index (χ4n) is 2.35. The predicted molar refractivity (Wildman–Crippen MR) is 99.6 cm³/mol. The smallest absolute Gasteiger partial charge is 0.272 e. The molecule has 0 N–H and O–H groups in total. The van der Waals surface area contributed by atoms with Crippen LogP contribution in [0.25, 0.3) is 0 Å². The molecule has 0 unspecified atom stereocenters. The third-order valence-electron chi connectivity index (χ3n) is 3.52. The molecule has 0 aliphatic heterocycles. The van der Waals surface area contributed by atoms with Crippen LogP contribution in [0.3, 0.4) is 0 Å². The van der Waals surface area contributed by atoms with Gasteiger partial charge in [-0.15, -0.1) is 0 Å². The minimum absolute atomic E-state index is 0.0413. The maximum Gasteiger partial charge on any atom is 0.272 e. The Hall–Kier alpha value is -2.39. The van der Waals surface area contributed by atoms with E-state index < -0.39 is 21.7 Å². The van der Waals surface area contributed by atoms with E-state index in [9.17, 15) is 17.6 Å². The van der Waals surface area contributed by atoms with Gasteiger partial charge in [-0.3, -0.25) is 4.79 Å². The highest BCUT2D eigenvalue weighted by Gasteiger charge is 2.31. The third-order valence-corrected chi connectivity index (χ3v) is 5.57. The topological polar surface area (TPSA) is 85.8 Å². The van der Waals surface area contributed by atoms with Crippen LogP contribution in [0.15, 0.2) is 30.3 Å². The fourth-order valence-corrected chi connectivity index (χ4v) is 4.05. The number of sulfonamides is 1. The van der Waals surface area contributed by atoms with Crippen LogP contribution in [0.4, 0.5) is 10.1 Å². The van der Waals surface area contributed by atoms with Gasteiger partial charge in [-0.25, -0.2) is 22.1 Å². The molecule has 0 aliphatic rings. The lowest BCUT2D eigenvalue weighted by Gasteiger charge is -2.23. The van der Waals surface area contributed by atoms with Crippen LogP contribution in [-0.2, 0) is 10.0 Å². The Morgan fingerprint density at radius 1 is 1.22 bits per heavy atom. The summed E-state index contributed by atoms with van der Waals surface area (Å²) in [6.45, 7) is 1.65. The second-order valence-corrected chi connectivity index (χ2v) is 7.75. The molecule has 0 saturated carbocycles. The number of pyridine rings is 1. The van der Waals surface area contributed by atoms with Crippen LogP contribution < -0.4 is 13.8 Å². The van der Waals surface area contributed by atoms with Crippen molar-refractivity contribution < 1.29 is 27.1 Å². The molecule has 10 heteroatoms. The van der Waals surface area contributed by atoms with Crippen molar-refractivity contribution in [2.24, 2.45) is 0 Å². The molecule has 1 aromatic carbocycles. The fraction of sp³-hybridized carbons (Fsp3) is 0.294. The van der Waals surface area contributed by atoms with Crippen LogP contribution in [0, 0.1) is 5.82 Å². The predicted octanol–water partition coefficient (Wildman–Crippen LogP) is 3.28. The van der Waals surface area contributed by atoms with E-state index in [0.717, 1.165) is 6.07 Å². The van der Waals surface area contributed by atoms with Crippen molar-refractivity contribution in [2.75, 3.05) is 24.3 Å². The highest BCUT2D eigenvalue weighted by atomic mass is 35.5. The zero-order valence-electron chi connectivity index (χ0n) is 14.9. The molecule has 0 aliphatic carbocycles. The minimum atomic E-state index is -4.07. The number of ether oxygens (including phenoxy) is 2. The zero-order chi connectivity index (χ0) is 20.2. The Morgan fingerprint density at radius 2 is 1.93 bits per heavy atom. The monoisotopic (exact) mass is 416 g/mol. The number of hydrogen-bond donors (Lipinski definition) is 0. The van der Waals surface area contributed by atoms with Crippen LogP contribution in [0.1, 0.15) is 23.7 Å². The van der Waals surface area contributed by atoms with Crippen molar-refractivity contribution in [2.45, 2.75) is 13.3 Å². The first-order chi connectivity index (χ1) is 12.7. The lowest BCUT2D eigenvalue weighted by Crippen LogP contribution is -2.38. The molecule has 0 fully saturated rings. The maximum atomic E-state index is 14.1. The Balaban J connectivity index is 2.61. The van der Waals surface area contributed by atoms with Crippen molar-refractivity contribution in [3.05, 3.63) is 46.9 Å². The Bertz CT molecular complexity index is 952. The third kappa shape index (κ3) is 4.67. The van der Waals surface area contributed by atoms with Crippen molar-refractivity contribution in [1.29, 1.82) is 0 Å². The number of aromatic nitrogens is 1. The SMILES string of the molecule is CCCS(=O)(=O)N(C(=O)c1cc(Cl)nc(OC)c1)c1ccc(OC)c(F)c1. The van der Waals surface area contributed by atoms with E-state index in [1.54, 1.807) is 6.92 Å². The van der Waals surface area contributed by atoms with Gasteiger partial charge in [0.15, 0.2) is 11.6 Å². The molecular weight excluding hydrogens is 399 g/mol. The summed E-state index contributed by atoms with van der Waals surface area (Å²) in [6, 6.07) is 5.91. The Labute approximate surface area is 161 Å². The van der Waals surface area contributed by atoms with Crippen molar-refractivity contribution >= 4 is 33.2 Å². The first-order valence-electron chi connectivity index (χ1n) is 7.86. The van der Waals surface area contributed by atoms with Gasteiger partial charge in [-0.05, 0) is 24.6 Å². The first kappa shape index (κ1) is 20.9. The number of halogens is 2. The molecule has 146 valence electrons. The van der Waals surface area contributed by atoms with Gasteiger partial charge in [0.05, 0.1) is 25.7 Å². The van der Waals surface area contributed by atoms with E-state index in [2.05, 4.69) is 4.98 Å². The van der Waals surface area contributed by atoms with Gasteiger partial charge in [0.2, 0.25) is 15.9 Å². The molecule has 1 amide bonds. The van der Waals surface area contributed by atoms with Gasteiger partial charge in [-0.2, -0.15) is 0 Å². The molecule has 0 atom stereocenters. The quantitative estimate of drug-likeness (QED) is 0.644. The second kappa shape index (κ2) is 8.53. The molecule has 0 spiro atoms. The van der Waals surface area contributed by atoms with Crippen molar-refractivity contribution in [1.82, 2.24) is 4.98 Å². The summed E-state index contributed by atoms with van der Waals surface area (Å²) < 4.78 is 49.9. The lowest BCUT2D eigenvalue weighted by atomic mass is 10.2. The van der Waals surface area contributed by atoms with E-state index in [1.807, 2.05) is 0 Å². The van der Waals surface area contributed by atoms with E-state index in [1.165, 1.54) is 38.5 Å². The van der Waals surface area contributed by atoms with Crippen molar-refractivity contribution in [3.8, 4) is 11.6 Å². The van der Waals surface area contributed by atoms with Crippen LogP contribution in [0.5, 0.6) is 11.6 Å². The molecule has 7 nitrogen and oxygen atoms in total. The molecular formula is C17H18ClFN2O5S. The van der Waals surface area contributed by atoms with Gasteiger partial charge in [0.25, 0.3) is 5.91 Å². The van der Waals surface area contributed by atoms with Gasteiger partial charge < -0.3 is 9.47 Å². The van der Waals surface area contributed by atoms with Gasteiger partial charge in [0, 0.05) is 17.7 Å². The number of amides is 1. The van der Waals surface area contributed by atoms with Crippen LogP contribution in [0.2, 0.25) is 5.15 Å². The number of hydrogen-bond acceptors (Lipinski definition) is 6. The number of methoxy groups -OCH3 is 2. The molecule has 27 heavy (non-hydrogen) atoms. The molecule has 2 aromatic rings. The number of benzene rings is 1. The summed E-state index contributed by atoms with van der Waals surface area (Å²) in [5.41, 5.74) is -0.221. The number of anilines is 1. The summed E-state index contributed by atoms with van der Waals surface area (Å²) in [5, 5.41) is -0.0496. The zero-order valence-corrected chi connectivity index (χ0v) is 16.5. The lowest BCUT2D eigenvalue weighted by molar-refractivity contribution is 0.100. The average Bonchev–Trinajstić information content (AvgIpc) is 2.61. The van der Waals surface area contributed by atoms with Crippen LogP contribution >= 0.6 is 11.6 Å². The summed E-state index contributed by atoms with van der Waals surface area (Å²) in [5.74, 6) is -2.05. The first-order valence-corrected chi connectivity index (χ1v) is 9.84.